The quantitative estimate of drug-likeness (QED) is 0.656. The van der Waals surface area contributed by atoms with Crippen LogP contribution in [0.2, 0.25) is 0 Å². The number of carbonyl (C=O) groups is 1. The third-order valence-corrected chi connectivity index (χ3v) is 4.34. The molecule has 5 nitrogen and oxygen atoms in total. The van der Waals surface area contributed by atoms with Crippen molar-refractivity contribution in [1.29, 1.82) is 0 Å². The van der Waals surface area contributed by atoms with Gasteiger partial charge in [0, 0.05) is 17.8 Å². The number of nitrogens with one attached hydrogen (secondary N) is 1. The smallest absolute Gasteiger partial charge is 0.238 e. The largest absolute Gasteiger partial charge is 0.358 e. The number of ether oxygens (including phenoxy) is 2. The molecule has 0 aromatic carbocycles. The minimum atomic E-state index is -1.19. The van der Waals surface area contributed by atoms with Gasteiger partial charge in [-0.05, 0) is 13.8 Å². The average Bonchev–Trinajstić information content (AvgIpc) is 2.54. The van der Waals surface area contributed by atoms with Crippen molar-refractivity contribution in [2.24, 2.45) is 0 Å². The van der Waals surface area contributed by atoms with Crippen molar-refractivity contribution < 1.29 is 18.5 Å². The highest BCUT2D eigenvalue weighted by Gasteiger charge is 2.55. The summed E-state index contributed by atoms with van der Waals surface area (Å²) in [6.07, 6.45) is -0.594. The highest BCUT2D eigenvalue weighted by atomic mass is 32.2. The molecule has 0 unspecified atom stereocenters. The maximum absolute atomic E-state index is 11.7. The van der Waals surface area contributed by atoms with Crippen LogP contribution in [-0.2, 0) is 25.1 Å². The fourth-order valence-corrected chi connectivity index (χ4v) is 3.75. The molecule has 2 rings (SSSR count). The summed E-state index contributed by atoms with van der Waals surface area (Å²) in [4.78, 5) is 11.5. The summed E-state index contributed by atoms with van der Waals surface area (Å²) in [5.41, 5.74) is 0. The predicted octanol–water partition coefficient (Wildman–Crippen LogP) is -0.617. The Morgan fingerprint density at radius 1 is 1.47 bits per heavy atom. The first-order valence-electron chi connectivity index (χ1n) is 4.89. The molecule has 0 saturated carbocycles. The Morgan fingerprint density at radius 3 is 2.73 bits per heavy atom. The van der Waals surface area contributed by atoms with Gasteiger partial charge in [0.15, 0.2) is 5.79 Å². The van der Waals surface area contributed by atoms with Crippen LogP contribution in [0.15, 0.2) is 0 Å². The summed E-state index contributed by atoms with van der Waals surface area (Å²) in [6.45, 7) is 3.60. The molecule has 1 amide bonds. The van der Waals surface area contributed by atoms with E-state index in [0.717, 1.165) is 0 Å². The second kappa shape index (κ2) is 3.54. The summed E-state index contributed by atoms with van der Waals surface area (Å²) < 4.78 is 22.9. The summed E-state index contributed by atoms with van der Waals surface area (Å²) in [5, 5.41) is 1.91. The molecule has 0 spiro atoms. The Hall–Kier alpha value is -0.460. The van der Waals surface area contributed by atoms with Gasteiger partial charge in [-0.25, -0.2) is 0 Å². The fourth-order valence-electron chi connectivity index (χ4n) is 2.07. The topological polar surface area (TPSA) is 64.6 Å². The van der Waals surface area contributed by atoms with Crippen LogP contribution >= 0.6 is 0 Å². The van der Waals surface area contributed by atoms with Gasteiger partial charge in [0.05, 0.1) is 5.75 Å². The van der Waals surface area contributed by atoms with Crippen LogP contribution in [-0.4, -0.2) is 46.2 Å². The van der Waals surface area contributed by atoms with E-state index in [-0.39, 0.29) is 18.1 Å². The zero-order chi connectivity index (χ0) is 11.2. The normalized spacial score (nSPS) is 42.6. The second-order valence-corrected chi connectivity index (χ2v) is 5.82. The Kier molecular flexibility index (Phi) is 2.60. The van der Waals surface area contributed by atoms with Crippen molar-refractivity contribution in [2.45, 2.75) is 37.1 Å². The first kappa shape index (κ1) is 11.0. The monoisotopic (exact) mass is 233 g/mol. The zero-order valence-corrected chi connectivity index (χ0v) is 9.80. The van der Waals surface area contributed by atoms with Crippen LogP contribution in [0.25, 0.3) is 0 Å². The molecule has 2 heterocycles. The van der Waals surface area contributed by atoms with E-state index in [9.17, 15) is 9.00 Å². The predicted molar refractivity (Wildman–Crippen MR) is 54.7 cm³/mol. The summed E-state index contributed by atoms with van der Waals surface area (Å²) in [6, 6.07) is 0. The van der Waals surface area contributed by atoms with E-state index in [2.05, 4.69) is 5.32 Å². The van der Waals surface area contributed by atoms with Crippen LogP contribution in [0.5, 0.6) is 0 Å². The van der Waals surface area contributed by atoms with Gasteiger partial charge in [-0.1, -0.05) is 0 Å². The van der Waals surface area contributed by atoms with Crippen molar-refractivity contribution >= 4 is 16.7 Å². The van der Waals surface area contributed by atoms with Crippen molar-refractivity contribution in [3.8, 4) is 0 Å². The fraction of sp³-hybridized carbons (Fsp3) is 0.889. The number of rotatable bonds is 1. The van der Waals surface area contributed by atoms with E-state index in [1.807, 2.05) is 0 Å². The van der Waals surface area contributed by atoms with Crippen LogP contribution in [0, 0.1) is 0 Å². The van der Waals surface area contributed by atoms with Crippen LogP contribution < -0.4 is 5.32 Å². The first-order chi connectivity index (χ1) is 6.94. The molecule has 2 aliphatic rings. The van der Waals surface area contributed by atoms with E-state index in [4.69, 9.17) is 9.47 Å². The van der Waals surface area contributed by atoms with Crippen LogP contribution in [0.3, 0.4) is 0 Å². The van der Waals surface area contributed by atoms with Gasteiger partial charge >= 0.3 is 0 Å². The molecule has 0 radical (unpaired) electrons. The van der Waals surface area contributed by atoms with Crippen molar-refractivity contribution in [3.05, 3.63) is 0 Å². The van der Waals surface area contributed by atoms with Gasteiger partial charge in [-0.2, -0.15) is 0 Å². The molecular formula is C9H15NO4S. The van der Waals surface area contributed by atoms with E-state index in [1.165, 1.54) is 7.05 Å². The number of amides is 1. The molecular weight excluding hydrogens is 218 g/mol. The summed E-state index contributed by atoms with van der Waals surface area (Å²) in [5.74, 6) is -0.527. The van der Waals surface area contributed by atoms with Gasteiger partial charge in [0.1, 0.15) is 17.5 Å². The summed E-state index contributed by atoms with van der Waals surface area (Å²) >= 11 is 0. The molecule has 4 atom stereocenters. The zero-order valence-electron chi connectivity index (χ0n) is 8.98. The maximum Gasteiger partial charge on any atom is 0.238 e. The van der Waals surface area contributed by atoms with Crippen LogP contribution in [0.4, 0.5) is 0 Å². The summed E-state index contributed by atoms with van der Waals surface area (Å²) in [7, 11) is 0.341. The maximum atomic E-state index is 11.7. The minimum absolute atomic E-state index is 0.219. The highest BCUT2D eigenvalue weighted by molar-refractivity contribution is 7.86. The SMILES string of the molecule is CNC(=O)[C@@H]1[C@H]2OC(C)(C)O[C@H]2C[S@]1=O. The molecule has 15 heavy (non-hydrogen) atoms. The molecule has 0 aliphatic carbocycles. The number of hydrogen-bond donors (Lipinski definition) is 1. The Labute approximate surface area is 91.0 Å². The Balaban J connectivity index is 2.19. The second-order valence-electron chi connectivity index (χ2n) is 4.22. The lowest BCUT2D eigenvalue weighted by Gasteiger charge is -2.20. The number of carbonyl (C=O) groups excluding carboxylic acids is 1. The molecule has 6 heteroatoms. The van der Waals surface area contributed by atoms with E-state index in [1.54, 1.807) is 13.8 Å². The molecule has 2 fully saturated rings. The van der Waals surface area contributed by atoms with Crippen LogP contribution in [0.1, 0.15) is 13.8 Å². The van der Waals surface area contributed by atoms with Crippen molar-refractivity contribution in [3.63, 3.8) is 0 Å². The standard InChI is InChI=1S/C9H15NO4S/c1-9(2)13-5-4-15(12)7(6(5)14-9)8(11)10-3/h5-7H,4H2,1-3H3,(H,10,11)/t5-,6-,7-,15+/m0/s1. The van der Waals surface area contributed by atoms with E-state index >= 15 is 0 Å². The lowest BCUT2D eigenvalue weighted by Crippen LogP contribution is -2.42. The third-order valence-electron chi connectivity index (χ3n) is 2.64. The van der Waals surface area contributed by atoms with Gasteiger partial charge in [0.2, 0.25) is 5.91 Å². The minimum Gasteiger partial charge on any atom is -0.358 e. The van der Waals surface area contributed by atoms with Gasteiger partial charge in [-0.15, -0.1) is 0 Å². The third kappa shape index (κ3) is 1.81. The van der Waals surface area contributed by atoms with Gasteiger partial charge < -0.3 is 14.8 Å². The Morgan fingerprint density at radius 2 is 2.13 bits per heavy atom. The molecule has 0 aromatic rings. The van der Waals surface area contributed by atoms with Gasteiger partial charge in [0.25, 0.3) is 0 Å². The lowest BCUT2D eigenvalue weighted by atomic mass is 10.1. The van der Waals surface area contributed by atoms with Crippen molar-refractivity contribution in [2.75, 3.05) is 12.8 Å². The first-order valence-corrected chi connectivity index (χ1v) is 6.27. The van der Waals surface area contributed by atoms with E-state index < -0.39 is 21.8 Å². The Bertz CT molecular complexity index is 309. The molecule has 86 valence electrons. The lowest BCUT2D eigenvalue weighted by molar-refractivity contribution is -0.147. The van der Waals surface area contributed by atoms with Gasteiger partial charge in [-0.3, -0.25) is 9.00 Å². The van der Waals surface area contributed by atoms with Crippen molar-refractivity contribution in [1.82, 2.24) is 5.32 Å². The molecule has 2 aliphatic heterocycles. The van der Waals surface area contributed by atoms with E-state index in [0.29, 0.717) is 5.75 Å². The molecule has 0 bridgehead atoms. The number of hydrogen-bond acceptors (Lipinski definition) is 4. The highest BCUT2D eigenvalue weighted by Crippen LogP contribution is 2.36. The number of fused-ring (bicyclic) bond motifs is 1. The molecule has 1 N–H and O–H groups in total. The average molecular weight is 233 g/mol. The molecule has 0 aromatic heterocycles. The molecule has 2 saturated heterocycles.